The molecule has 2 nitrogen and oxygen atoms in total. The SMILES string of the molecule is Cc1cc(-c2cccc3c(-c4ccccc4-c4ccccc4)c4cccc(-c5cccc6c5[oH+]c5ccccc56)c4cc23)c2oc3ccccc3c2c1. The normalized spacial score (nSPS) is 11.9. The number of fused-ring (bicyclic) bond motifs is 8. The highest BCUT2D eigenvalue weighted by atomic mass is 16.3. The number of furan rings is 2. The summed E-state index contributed by atoms with van der Waals surface area (Å²) in [7, 11) is 0. The molecular formula is C51H33O2+. The molecule has 2 aromatic heterocycles. The molecule has 53 heavy (non-hydrogen) atoms. The van der Waals surface area contributed by atoms with E-state index in [0.29, 0.717) is 0 Å². The molecule has 0 fully saturated rings. The van der Waals surface area contributed by atoms with Crippen LogP contribution >= 0.6 is 0 Å². The van der Waals surface area contributed by atoms with Gasteiger partial charge >= 0.3 is 0 Å². The molecule has 0 saturated carbocycles. The lowest BCUT2D eigenvalue weighted by molar-refractivity contribution is 0.669. The van der Waals surface area contributed by atoms with Crippen molar-refractivity contribution in [2.75, 3.05) is 0 Å². The molecule has 1 N–H and O–H groups in total. The van der Waals surface area contributed by atoms with Gasteiger partial charge in [0, 0.05) is 22.4 Å². The molecule has 0 aliphatic rings. The van der Waals surface area contributed by atoms with Crippen molar-refractivity contribution in [3.8, 4) is 44.5 Å². The van der Waals surface area contributed by atoms with Crippen molar-refractivity contribution in [3.05, 3.63) is 181 Å². The Morgan fingerprint density at radius 1 is 0.377 bits per heavy atom. The largest absolute Gasteiger partial charge is 0.545 e. The van der Waals surface area contributed by atoms with E-state index in [9.17, 15) is 0 Å². The minimum Gasteiger partial charge on any atom is -0.545 e. The van der Waals surface area contributed by atoms with Crippen LogP contribution in [0.4, 0.5) is 0 Å². The molecule has 0 spiro atoms. The standard InChI is InChI=1S/C51H32O2/c1-31-28-45(51-46(29-31)37-18-8-10-27-48(37)53-51)35-21-12-23-40-44(35)30-43-34(41-24-13-25-42-36-17-7-9-26-47(36)52-50(41)42)20-11-22-39(43)49(40)38-19-6-5-16-33(38)32-14-3-2-4-15-32/h2-30H,1H3/p+1. The first-order valence-corrected chi connectivity index (χ1v) is 18.2. The maximum absolute atomic E-state index is 6.68. The van der Waals surface area contributed by atoms with Gasteiger partial charge in [0.25, 0.3) is 11.2 Å². The summed E-state index contributed by atoms with van der Waals surface area (Å²) in [6, 6.07) is 63.5. The monoisotopic (exact) mass is 677 g/mol. The summed E-state index contributed by atoms with van der Waals surface area (Å²) in [5, 5.41) is 9.44. The Bertz CT molecular complexity index is 3230. The van der Waals surface area contributed by atoms with E-state index in [-0.39, 0.29) is 0 Å². The molecule has 0 aliphatic heterocycles. The molecule has 0 saturated heterocycles. The van der Waals surface area contributed by atoms with Crippen LogP contribution in [0.25, 0.3) is 110 Å². The van der Waals surface area contributed by atoms with E-state index in [1.165, 1.54) is 65.7 Å². The van der Waals surface area contributed by atoms with Crippen LogP contribution in [0, 0.1) is 6.92 Å². The first-order valence-electron chi connectivity index (χ1n) is 18.2. The van der Waals surface area contributed by atoms with Crippen LogP contribution < -0.4 is 0 Å². The Labute approximate surface area is 306 Å². The third-order valence-electron chi connectivity index (χ3n) is 11.0. The zero-order valence-electron chi connectivity index (χ0n) is 29.1. The van der Waals surface area contributed by atoms with Gasteiger partial charge < -0.3 is 8.83 Å². The van der Waals surface area contributed by atoms with E-state index in [1.807, 2.05) is 6.07 Å². The lowest BCUT2D eigenvalue weighted by Crippen LogP contribution is -1.93. The topological polar surface area (TPSA) is 25.9 Å². The molecule has 0 unspecified atom stereocenters. The van der Waals surface area contributed by atoms with Crippen molar-refractivity contribution in [2.45, 2.75) is 6.92 Å². The molecule has 0 bridgehead atoms. The average molecular weight is 678 g/mol. The van der Waals surface area contributed by atoms with Gasteiger partial charge in [0.1, 0.15) is 11.2 Å². The van der Waals surface area contributed by atoms with Crippen molar-refractivity contribution >= 4 is 65.4 Å². The maximum Gasteiger partial charge on any atom is 0.277 e. The summed E-state index contributed by atoms with van der Waals surface area (Å²) in [5.74, 6) is 0. The summed E-state index contributed by atoms with van der Waals surface area (Å²) in [6.45, 7) is 2.18. The quantitative estimate of drug-likeness (QED) is 0.134. The van der Waals surface area contributed by atoms with E-state index in [4.69, 9.17) is 8.83 Å². The van der Waals surface area contributed by atoms with Crippen molar-refractivity contribution in [2.24, 2.45) is 0 Å². The second kappa shape index (κ2) is 11.6. The van der Waals surface area contributed by atoms with E-state index < -0.39 is 0 Å². The second-order valence-electron chi connectivity index (χ2n) is 14.1. The second-order valence-corrected chi connectivity index (χ2v) is 14.1. The van der Waals surface area contributed by atoms with Crippen LogP contribution in [0.3, 0.4) is 0 Å². The van der Waals surface area contributed by atoms with Crippen molar-refractivity contribution in [1.82, 2.24) is 0 Å². The van der Waals surface area contributed by atoms with E-state index in [1.54, 1.807) is 0 Å². The van der Waals surface area contributed by atoms with Gasteiger partial charge in [-0.25, -0.2) is 0 Å². The van der Waals surface area contributed by atoms with Crippen LogP contribution in [0.1, 0.15) is 5.56 Å². The minimum atomic E-state index is 0.905. The predicted molar refractivity (Wildman–Crippen MR) is 224 cm³/mol. The lowest BCUT2D eigenvalue weighted by Gasteiger charge is -2.19. The molecular weight excluding hydrogens is 645 g/mol. The summed E-state index contributed by atoms with van der Waals surface area (Å²) in [5.41, 5.74) is 14.5. The highest BCUT2D eigenvalue weighted by Gasteiger charge is 2.23. The number of benzene rings is 9. The van der Waals surface area contributed by atoms with Crippen LogP contribution in [-0.2, 0) is 0 Å². The van der Waals surface area contributed by atoms with E-state index in [0.717, 1.165) is 49.8 Å². The lowest BCUT2D eigenvalue weighted by atomic mass is 9.84. The number of hydrogen-bond acceptors (Lipinski definition) is 1. The fraction of sp³-hybridized carbons (Fsp3) is 0.0196. The summed E-state index contributed by atoms with van der Waals surface area (Å²) in [4.78, 5) is 0. The van der Waals surface area contributed by atoms with Gasteiger partial charge in [-0.3, -0.25) is 0 Å². The fourth-order valence-electron chi connectivity index (χ4n) is 8.69. The molecule has 0 amide bonds. The molecule has 0 aliphatic carbocycles. The van der Waals surface area contributed by atoms with Crippen LogP contribution in [-0.4, -0.2) is 0 Å². The number of rotatable bonds is 4. The summed E-state index contributed by atoms with van der Waals surface area (Å²) >= 11 is 0. The molecule has 11 aromatic rings. The Morgan fingerprint density at radius 3 is 1.75 bits per heavy atom. The number of para-hydroxylation sites is 3. The zero-order valence-corrected chi connectivity index (χ0v) is 29.1. The van der Waals surface area contributed by atoms with Gasteiger partial charge in [-0.05, 0) is 110 Å². The first-order chi connectivity index (χ1) is 26.2. The molecule has 9 aromatic carbocycles. The van der Waals surface area contributed by atoms with Crippen molar-refractivity contribution < 1.29 is 8.83 Å². The van der Waals surface area contributed by atoms with Crippen molar-refractivity contribution in [3.63, 3.8) is 0 Å². The van der Waals surface area contributed by atoms with Gasteiger partial charge in [0.15, 0.2) is 0 Å². The van der Waals surface area contributed by atoms with Gasteiger partial charge in [0.05, 0.1) is 16.3 Å². The van der Waals surface area contributed by atoms with Crippen LogP contribution in [0.15, 0.2) is 185 Å². The highest BCUT2D eigenvalue weighted by molar-refractivity contribution is 6.23. The van der Waals surface area contributed by atoms with Crippen molar-refractivity contribution in [1.29, 1.82) is 0 Å². The third kappa shape index (κ3) is 4.52. The minimum absolute atomic E-state index is 0.905. The Hall–Kier alpha value is -6.90. The first kappa shape index (κ1) is 29.8. The zero-order chi connectivity index (χ0) is 35.0. The van der Waals surface area contributed by atoms with E-state index >= 15 is 0 Å². The molecule has 0 radical (unpaired) electrons. The maximum atomic E-state index is 6.68. The average Bonchev–Trinajstić information content (AvgIpc) is 3.78. The highest BCUT2D eigenvalue weighted by Crippen LogP contribution is 2.48. The predicted octanol–water partition coefficient (Wildman–Crippen LogP) is 14.9. The number of hydrogen-bond donors (Lipinski definition) is 0. The molecule has 248 valence electrons. The van der Waals surface area contributed by atoms with Gasteiger partial charge in [0.2, 0.25) is 0 Å². The Morgan fingerprint density at radius 2 is 0.962 bits per heavy atom. The van der Waals surface area contributed by atoms with Gasteiger partial charge in [-0.15, -0.1) is 0 Å². The molecule has 11 rings (SSSR count). The smallest absolute Gasteiger partial charge is 0.277 e. The summed E-state index contributed by atoms with van der Waals surface area (Å²) < 4.78 is 11.9. The van der Waals surface area contributed by atoms with E-state index in [2.05, 4.69) is 177 Å². The van der Waals surface area contributed by atoms with Gasteiger partial charge in [-0.2, -0.15) is 0 Å². The Balaban J connectivity index is 1.30. The summed E-state index contributed by atoms with van der Waals surface area (Å²) in [6.07, 6.45) is 0. The molecule has 2 heteroatoms. The third-order valence-corrected chi connectivity index (χ3v) is 11.0. The number of aryl methyl sites for hydroxylation is 1. The van der Waals surface area contributed by atoms with Crippen LogP contribution in [0.2, 0.25) is 0 Å². The van der Waals surface area contributed by atoms with Gasteiger partial charge in [-0.1, -0.05) is 127 Å². The fourth-order valence-corrected chi connectivity index (χ4v) is 8.69. The molecule has 2 heterocycles. The van der Waals surface area contributed by atoms with Crippen LogP contribution in [0.5, 0.6) is 0 Å². The molecule has 0 atom stereocenters. The Kier molecular flexibility index (Phi) is 6.50.